The standard InChI is InChI=1S/C11H15F2N3O2/c12-9(13)6-16(4-5-17)10-7(11(15)18)2-1-3-8(10)14/h1-3,9,17H,4-6,14H2,(H2,15,18). The first-order valence-corrected chi connectivity index (χ1v) is 5.29. The predicted molar refractivity (Wildman–Crippen MR) is 64.7 cm³/mol. The Bertz CT molecular complexity index is 427. The molecule has 1 aromatic rings. The lowest BCUT2D eigenvalue weighted by Crippen LogP contribution is -2.34. The van der Waals surface area contributed by atoms with E-state index in [-0.39, 0.29) is 30.1 Å². The van der Waals surface area contributed by atoms with Crippen molar-refractivity contribution in [2.24, 2.45) is 5.73 Å². The summed E-state index contributed by atoms with van der Waals surface area (Å²) < 4.78 is 25.0. The monoisotopic (exact) mass is 259 g/mol. The summed E-state index contributed by atoms with van der Waals surface area (Å²) in [6.07, 6.45) is -2.61. The summed E-state index contributed by atoms with van der Waals surface area (Å²) in [7, 11) is 0. The molecule has 0 bridgehead atoms. The van der Waals surface area contributed by atoms with Crippen molar-refractivity contribution >= 4 is 17.3 Å². The highest BCUT2D eigenvalue weighted by molar-refractivity contribution is 6.01. The van der Waals surface area contributed by atoms with Gasteiger partial charge in [0.1, 0.15) is 0 Å². The molecule has 0 radical (unpaired) electrons. The minimum atomic E-state index is -2.61. The molecule has 100 valence electrons. The summed E-state index contributed by atoms with van der Waals surface area (Å²) in [4.78, 5) is 12.4. The molecule has 1 amide bonds. The van der Waals surface area contributed by atoms with Gasteiger partial charge in [0, 0.05) is 6.54 Å². The van der Waals surface area contributed by atoms with Crippen LogP contribution in [0.2, 0.25) is 0 Å². The largest absolute Gasteiger partial charge is 0.397 e. The zero-order chi connectivity index (χ0) is 13.7. The van der Waals surface area contributed by atoms with Gasteiger partial charge in [-0.3, -0.25) is 4.79 Å². The fraction of sp³-hybridized carbons (Fsp3) is 0.364. The maximum atomic E-state index is 12.5. The SMILES string of the molecule is NC(=O)c1cccc(N)c1N(CCO)CC(F)F. The number of benzene rings is 1. The average molecular weight is 259 g/mol. The zero-order valence-corrected chi connectivity index (χ0v) is 9.64. The van der Waals surface area contributed by atoms with Gasteiger partial charge in [-0.1, -0.05) is 6.07 Å². The average Bonchev–Trinajstić information content (AvgIpc) is 2.27. The highest BCUT2D eigenvalue weighted by atomic mass is 19.3. The van der Waals surface area contributed by atoms with Crippen molar-refractivity contribution in [3.8, 4) is 0 Å². The van der Waals surface area contributed by atoms with Crippen LogP contribution >= 0.6 is 0 Å². The number of halogens is 2. The van der Waals surface area contributed by atoms with Gasteiger partial charge < -0.3 is 21.5 Å². The van der Waals surface area contributed by atoms with E-state index in [1.54, 1.807) is 0 Å². The van der Waals surface area contributed by atoms with Crippen LogP contribution in [0, 0.1) is 0 Å². The molecule has 7 heteroatoms. The summed E-state index contributed by atoms with van der Waals surface area (Å²) in [5.41, 5.74) is 11.2. The van der Waals surface area contributed by atoms with Crippen LogP contribution < -0.4 is 16.4 Å². The smallest absolute Gasteiger partial charge is 0.255 e. The topological polar surface area (TPSA) is 92.6 Å². The number of primary amides is 1. The molecule has 0 fully saturated rings. The molecule has 0 atom stereocenters. The van der Waals surface area contributed by atoms with Crippen LogP contribution in [0.15, 0.2) is 18.2 Å². The minimum Gasteiger partial charge on any atom is -0.397 e. The normalized spacial score (nSPS) is 10.7. The number of nitrogen functional groups attached to an aromatic ring is 1. The molecule has 0 unspecified atom stereocenters. The van der Waals surface area contributed by atoms with Crippen LogP contribution in [-0.4, -0.2) is 37.1 Å². The molecule has 0 saturated carbocycles. The fourth-order valence-electron chi connectivity index (χ4n) is 1.69. The molecule has 0 saturated heterocycles. The maximum Gasteiger partial charge on any atom is 0.255 e. The first kappa shape index (κ1) is 14.2. The second kappa shape index (κ2) is 6.15. The number of nitrogens with zero attached hydrogens (tertiary/aromatic N) is 1. The minimum absolute atomic E-state index is 0.0567. The number of aliphatic hydroxyl groups excluding tert-OH is 1. The number of hydrogen-bond donors (Lipinski definition) is 3. The fourth-order valence-corrected chi connectivity index (χ4v) is 1.69. The third kappa shape index (κ3) is 3.30. The Morgan fingerprint density at radius 1 is 1.44 bits per heavy atom. The number of alkyl halides is 2. The van der Waals surface area contributed by atoms with Crippen molar-refractivity contribution < 1.29 is 18.7 Å². The van der Waals surface area contributed by atoms with Gasteiger partial charge in [-0.25, -0.2) is 8.78 Å². The van der Waals surface area contributed by atoms with Crippen molar-refractivity contribution in [1.82, 2.24) is 0 Å². The molecule has 0 aliphatic rings. The van der Waals surface area contributed by atoms with E-state index in [0.29, 0.717) is 0 Å². The van der Waals surface area contributed by atoms with E-state index >= 15 is 0 Å². The lowest BCUT2D eigenvalue weighted by molar-refractivity contribution is 0.0999. The summed E-state index contributed by atoms with van der Waals surface area (Å²) in [5, 5.41) is 8.89. The number of rotatable bonds is 6. The molecule has 5 N–H and O–H groups in total. The number of carbonyl (C=O) groups excluding carboxylic acids is 1. The Balaban J connectivity index is 3.20. The van der Waals surface area contributed by atoms with Crippen molar-refractivity contribution in [2.75, 3.05) is 30.3 Å². The number of carbonyl (C=O) groups is 1. The van der Waals surface area contributed by atoms with Gasteiger partial charge in [0.2, 0.25) is 0 Å². The van der Waals surface area contributed by atoms with Crippen molar-refractivity contribution in [3.05, 3.63) is 23.8 Å². The van der Waals surface area contributed by atoms with E-state index in [0.717, 1.165) is 4.90 Å². The van der Waals surface area contributed by atoms with Gasteiger partial charge in [0.05, 0.1) is 30.1 Å². The number of nitrogens with two attached hydrogens (primary N) is 2. The third-order valence-electron chi connectivity index (χ3n) is 2.38. The molecule has 1 rings (SSSR count). The first-order valence-electron chi connectivity index (χ1n) is 5.29. The lowest BCUT2D eigenvalue weighted by Gasteiger charge is -2.26. The van der Waals surface area contributed by atoms with Gasteiger partial charge in [0.25, 0.3) is 12.3 Å². The molecule has 0 aromatic heterocycles. The van der Waals surface area contributed by atoms with Crippen LogP contribution in [0.5, 0.6) is 0 Å². The second-order valence-electron chi connectivity index (χ2n) is 3.67. The number of aliphatic hydroxyl groups is 1. The Labute approximate surface area is 103 Å². The highest BCUT2D eigenvalue weighted by Gasteiger charge is 2.20. The molecule has 0 aliphatic heterocycles. The van der Waals surface area contributed by atoms with Crippen molar-refractivity contribution in [2.45, 2.75) is 6.43 Å². The van der Waals surface area contributed by atoms with Gasteiger partial charge >= 0.3 is 0 Å². The summed E-state index contributed by atoms with van der Waals surface area (Å²) in [6.45, 7) is -1.02. The highest BCUT2D eigenvalue weighted by Crippen LogP contribution is 2.28. The third-order valence-corrected chi connectivity index (χ3v) is 2.38. The van der Waals surface area contributed by atoms with Gasteiger partial charge in [-0.15, -0.1) is 0 Å². The van der Waals surface area contributed by atoms with Gasteiger partial charge in [-0.05, 0) is 12.1 Å². The van der Waals surface area contributed by atoms with E-state index in [1.807, 2.05) is 0 Å². The molecule has 0 spiro atoms. The molecular formula is C11H15F2N3O2. The van der Waals surface area contributed by atoms with E-state index in [2.05, 4.69) is 0 Å². The summed E-state index contributed by atoms with van der Waals surface area (Å²) >= 11 is 0. The molecule has 18 heavy (non-hydrogen) atoms. The molecule has 0 aliphatic carbocycles. The quantitative estimate of drug-likeness (QED) is 0.646. The maximum absolute atomic E-state index is 12.5. The predicted octanol–water partition coefficient (Wildman–Crippen LogP) is 0.431. The van der Waals surface area contributed by atoms with Crippen LogP contribution in [-0.2, 0) is 0 Å². The number of amides is 1. The van der Waals surface area contributed by atoms with E-state index in [4.69, 9.17) is 16.6 Å². The first-order chi connectivity index (χ1) is 8.47. The van der Waals surface area contributed by atoms with Crippen LogP contribution in [0.25, 0.3) is 0 Å². The number of anilines is 2. The Hall–Kier alpha value is -1.89. The molecule has 5 nitrogen and oxygen atoms in total. The Kier molecular flexibility index (Phi) is 4.85. The summed E-state index contributed by atoms with van der Waals surface area (Å²) in [5.74, 6) is -0.755. The zero-order valence-electron chi connectivity index (χ0n) is 9.64. The number of hydrogen-bond acceptors (Lipinski definition) is 4. The van der Waals surface area contributed by atoms with Crippen LogP contribution in [0.3, 0.4) is 0 Å². The van der Waals surface area contributed by atoms with Crippen molar-refractivity contribution in [3.63, 3.8) is 0 Å². The van der Waals surface area contributed by atoms with Gasteiger partial charge in [0.15, 0.2) is 0 Å². The van der Waals surface area contributed by atoms with Gasteiger partial charge in [-0.2, -0.15) is 0 Å². The van der Waals surface area contributed by atoms with E-state index < -0.39 is 18.9 Å². The Morgan fingerprint density at radius 3 is 2.61 bits per heavy atom. The van der Waals surface area contributed by atoms with Crippen LogP contribution in [0.4, 0.5) is 20.2 Å². The second-order valence-corrected chi connectivity index (χ2v) is 3.67. The molecule has 1 aromatic carbocycles. The van der Waals surface area contributed by atoms with E-state index in [1.165, 1.54) is 18.2 Å². The number of para-hydroxylation sites is 1. The van der Waals surface area contributed by atoms with Crippen LogP contribution in [0.1, 0.15) is 10.4 Å². The summed E-state index contributed by atoms with van der Waals surface area (Å²) in [6, 6.07) is 4.40. The lowest BCUT2D eigenvalue weighted by atomic mass is 10.1. The van der Waals surface area contributed by atoms with Crippen molar-refractivity contribution in [1.29, 1.82) is 0 Å². The molecular weight excluding hydrogens is 244 g/mol. The Morgan fingerprint density at radius 2 is 2.11 bits per heavy atom. The van der Waals surface area contributed by atoms with E-state index in [9.17, 15) is 13.6 Å². The molecule has 0 heterocycles.